The molecule has 1 aromatic heterocycles. The quantitative estimate of drug-likeness (QED) is 0.319. The number of pyridine rings is 1. The highest BCUT2D eigenvalue weighted by atomic mass is 19.1. The average Bonchev–Trinajstić information content (AvgIpc) is 3.47. The highest BCUT2D eigenvalue weighted by Gasteiger charge is 2.64. The second kappa shape index (κ2) is 10.1. The Bertz CT molecular complexity index is 1350. The molecule has 0 radical (unpaired) electrons. The standard InChI is InChI=1S/C28H31FN4O4/c1-2-20-12-18(21-5-3-4-6-24(21)31-20)16-37-25-8-7-17(11-23(25)29)13-28(14-22(28)26(34)32-36)27(35)33-10-9-19(30)15-33/h3-8,11-12,19,22,36H,2,9-10,13-16,30H2,1H3,(H,32,34)/t19-,22-,28+/m1/s1. The number of nitrogens with one attached hydrogen (secondary N) is 1. The van der Waals surface area contributed by atoms with E-state index in [1.54, 1.807) is 22.5 Å². The highest BCUT2D eigenvalue weighted by Crippen LogP contribution is 2.56. The van der Waals surface area contributed by atoms with Crippen molar-refractivity contribution in [3.05, 3.63) is 71.2 Å². The maximum Gasteiger partial charge on any atom is 0.247 e. The summed E-state index contributed by atoms with van der Waals surface area (Å²) in [5, 5.41) is 10.1. The first-order chi connectivity index (χ1) is 17.8. The summed E-state index contributed by atoms with van der Waals surface area (Å²) in [6.07, 6.45) is 1.95. The van der Waals surface area contributed by atoms with Crippen molar-refractivity contribution in [1.82, 2.24) is 15.4 Å². The van der Waals surface area contributed by atoms with Crippen molar-refractivity contribution in [2.24, 2.45) is 17.1 Å². The van der Waals surface area contributed by atoms with Gasteiger partial charge in [0.2, 0.25) is 11.8 Å². The van der Waals surface area contributed by atoms with Crippen molar-refractivity contribution in [2.45, 2.75) is 45.3 Å². The minimum Gasteiger partial charge on any atom is -0.486 e. The molecule has 1 aliphatic carbocycles. The van der Waals surface area contributed by atoms with Crippen molar-refractivity contribution in [3.63, 3.8) is 0 Å². The number of carbonyl (C=O) groups is 2. The van der Waals surface area contributed by atoms with E-state index in [4.69, 9.17) is 15.7 Å². The van der Waals surface area contributed by atoms with Gasteiger partial charge in [-0.05, 0) is 55.5 Å². The van der Waals surface area contributed by atoms with Gasteiger partial charge in [0, 0.05) is 35.8 Å². The lowest BCUT2D eigenvalue weighted by Crippen LogP contribution is -2.40. The molecule has 37 heavy (non-hydrogen) atoms. The number of aromatic nitrogens is 1. The minimum atomic E-state index is -1.02. The van der Waals surface area contributed by atoms with E-state index in [9.17, 15) is 9.59 Å². The van der Waals surface area contributed by atoms with Crippen LogP contribution in [-0.4, -0.2) is 46.0 Å². The Morgan fingerprint density at radius 2 is 2.08 bits per heavy atom. The van der Waals surface area contributed by atoms with Crippen LogP contribution in [0.2, 0.25) is 0 Å². The second-order valence-electron chi connectivity index (χ2n) is 10.1. The molecule has 1 saturated carbocycles. The number of halogens is 1. The Morgan fingerprint density at radius 1 is 1.27 bits per heavy atom. The number of hydrogen-bond donors (Lipinski definition) is 3. The van der Waals surface area contributed by atoms with E-state index in [1.165, 1.54) is 6.07 Å². The molecule has 0 bridgehead atoms. The number of nitrogens with two attached hydrogens (primary N) is 1. The van der Waals surface area contributed by atoms with Crippen molar-refractivity contribution >= 4 is 22.7 Å². The number of ether oxygens (including phenoxy) is 1. The van der Waals surface area contributed by atoms with Crippen molar-refractivity contribution in [1.29, 1.82) is 0 Å². The fourth-order valence-corrected chi connectivity index (χ4v) is 5.42. The Kier molecular flexibility index (Phi) is 6.83. The number of benzene rings is 2. The zero-order chi connectivity index (χ0) is 26.2. The SMILES string of the molecule is CCc1cc(COc2ccc(C[C@]3(C(=O)N4CC[C@@H](N)C4)C[C@@H]3C(=O)NO)cc2F)c2ccccc2n1. The largest absolute Gasteiger partial charge is 0.486 e. The van der Waals surface area contributed by atoms with Crippen molar-refractivity contribution in [2.75, 3.05) is 13.1 Å². The van der Waals surface area contributed by atoms with Gasteiger partial charge in [-0.3, -0.25) is 19.8 Å². The average molecular weight is 507 g/mol. The first-order valence-corrected chi connectivity index (χ1v) is 12.6. The maximum atomic E-state index is 15.1. The molecule has 0 unspecified atom stereocenters. The third-order valence-corrected chi connectivity index (χ3v) is 7.56. The number of fused-ring (bicyclic) bond motifs is 1. The van der Waals surface area contributed by atoms with Crippen LogP contribution >= 0.6 is 0 Å². The first-order valence-electron chi connectivity index (χ1n) is 12.6. The van der Waals surface area contributed by atoms with Gasteiger partial charge in [0.1, 0.15) is 6.61 Å². The van der Waals surface area contributed by atoms with Crippen molar-refractivity contribution in [3.8, 4) is 5.75 Å². The number of hydrogen-bond acceptors (Lipinski definition) is 6. The summed E-state index contributed by atoms with van der Waals surface area (Å²) >= 11 is 0. The Hall–Kier alpha value is -3.56. The molecule has 9 heteroatoms. The molecule has 4 N–H and O–H groups in total. The normalized spacial score (nSPS) is 22.8. The molecule has 194 valence electrons. The maximum absolute atomic E-state index is 15.1. The van der Waals surface area contributed by atoms with E-state index in [0.717, 1.165) is 28.6 Å². The number of hydroxylamine groups is 1. The van der Waals surface area contributed by atoms with Gasteiger partial charge in [-0.2, -0.15) is 0 Å². The zero-order valence-corrected chi connectivity index (χ0v) is 20.7. The van der Waals surface area contributed by atoms with E-state index < -0.39 is 23.1 Å². The minimum absolute atomic E-state index is 0.0929. The lowest BCUT2D eigenvalue weighted by Gasteiger charge is -2.24. The van der Waals surface area contributed by atoms with Crippen LogP contribution in [0.4, 0.5) is 4.39 Å². The summed E-state index contributed by atoms with van der Waals surface area (Å²) in [7, 11) is 0. The predicted octanol–water partition coefficient (Wildman–Crippen LogP) is 3.13. The highest BCUT2D eigenvalue weighted by molar-refractivity contribution is 5.96. The van der Waals surface area contributed by atoms with Crippen LogP contribution in [0.1, 0.15) is 36.6 Å². The second-order valence-corrected chi connectivity index (χ2v) is 10.1. The van der Waals surface area contributed by atoms with Crippen LogP contribution in [0.25, 0.3) is 10.9 Å². The Labute approximate surface area is 214 Å². The number of carbonyl (C=O) groups excluding carboxylic acids is 2. The molecule has 2 aliphatic rings. The van der Waals surface area contributed by atoms with E-state index >= 15 is 4.39 Å². The number of likely N-dealkylation sites (tertiary alicyclic amines) is 1. The molecule has 0 spiro atoms. The van der Waals surface area contributed by atoms with Gasteiger partial charge in [-0.15, -0.1) is 0 Å². The van der Waals surface area contributed by atoms with Gasteiger partial charge in [0.15, 0.2) is 11.6 Å². The lowest BCUT2D eigenvalue weighted by molar-refractivity contribution is -0.140. The Morgan fingerprint density at radius 3 is 2.78 bits per heavy atom. The van der Waals surface area contributed by atoms with Gasteiger partial charge in [0.25, 0.3) is 0 Å². The van der Waals surface area contributed by atoms with Crippen LogP contribution in [0.3, 0.4) is 0 Å². The smallest absolute Gasteiger partial charge is 0.247 e. The molecule has 2 fully saturated rings. The topological polar surface area (TPSA) is 118 Å². The van der Waals surface area contributed by atoms with Crippen LogP contribution in [0, 0.1) is 17.2 Å². The molecule has 3 aromatic rings. The first kappa shape index (κ1) is 25.1. The summed E-state index contributed by atoms with van der Waals surface area (Å²) < 4.78 is 21.0. The molecule has 2 aromatic carbocycles. The van der Waals surface area contributed by atoms with Crippen LogP contribution in [0.5, 0.6) is 5.75 Å². The third-order valence-electron chi connectivity index (χ3n) is 7.56. The van der Waals surface area contributed by atoms with Gasteiger partial charge < -0.3 is 15.4 Å². The molecule has 1 saturated heterocycles. The molecular weight excluding hydrogens is 475 g/mol. The summed E-state index contributed by atoms with van der Waals surface area (Å²) in [4.78, 5) is 31.9. The van der Waals surface area contributed by atoms with Gasteiger partial charge >= 0.3 is 0 Å². The fourth-order valence-electron chi connectivity index (χ4n) is 5.42. The monoisotopic (exact) mass is 506 g/mol. The summed E-state index contributed by atoms with van der Waals surface area (Å²) in [6, 6.07) is 14.3. The number of amides is 2. The van der Waals surface area contributed by atoms with Crippen LogP contribution < -0.4 is 16.0 Å². The molecule has 1 aliphatic heterocycles. The molecular formula is C28H31FN4O4. The van der Waals surface area contributed by atoms with Crippen LogP contribution in [0.15, 0.2) is 48.5 Å². The molecule has 2 heterocycles. The number of para-hydroxylation sites is 1. The number of rotatable bonds is 8. The molecule has 5 rings (SSSR count). The van der Waals surface area contributed by atoms with E-state index in [2.05, 4.69) is 4.98 Å². The van der Waals surface area contributed by atoms with E-state index in [-0.39, 0.29) is 30.7 Å². The fraction of sp³-hybridized carbons (Fsp3) is 0.393. The third kappa shape index (κ3) is 4.89. The summed E-state index contributed by atoms with van der Waals surface area (Å²) in [5.74, 6) is -1.89. The lowest BCUT2D eigenvalue weighted by atomic mass is 9.91. The van der Waals surface area contributed by atoms with E-state index in [1.807, 2.05) is 37.3 Å². The molecule has 8 nitrogen and oxygen atoms in total. The summed E-state index contributed by atoms with van der Waals surface area (Å²) in [6.45, 7) is 3.17. The van der Waals surface area contributed by atoms with Gasteiger partial charge in [0.05, 0.1) is 16.8 Å². The molecule has 2 amide bonds. The Balaban J connectivity index is 1.33. The zero-order valence-electron chi connectivity index (χ0n) is 20.7. The van der Waals surface area contributed by atoms with Gasteiger partial charge in [-0.1, -0.05) is 31.2 Å². The van der Waals surface area contributed by atoms with E-state index in [0.29, 0.717) is 31.5 Å². The predicted molar refractivity (Wildman–Crippen MR) is 135 cm³/mol. The van der Waals surface area contributed by atoms with Crippen molar-refractivity contribution < 1.29 is 23.9 Å². The van der Waals surface area contributed by atoms with Crippen LogP contribution in [-0.2, 0) is 29.0 Å². The number of nitrogens with zero attached hydrogens (tertiary/aromatic N) is 2. The summed E-state index contributed by atoms with van der Waals surface area (Å²) in [5.41, 5.74) is 9.94. The van der Waals surface area contributed by atoms with Gasteiger partial charge in [-0.25, -0.2) is 9.87 Å². The number of aryl methyl sites for hydroxylation is 1. The molecule has 3 atom stereocenters.